The Morgan fingerprint density at radius 2 is 1.27 bits per heavy atom. The molecule has 0 aliphatic carbocycles. The molecule has 0 unspecified atom stereocenters. The summed E-state index contributed by atoms with van der Waals surface area (Å²) in [7, 11) is 0. The third-order valence-corrected chi connectivity index (χ3v) is 3.35. The molecule has 4 rings (SSSR count). The number of benzene rings is 2. The number of hydrogen-bond acceptors (Lipinski definition) is 2. The van der Waals surface area contributed by atoms with Crippen LogP contribution >= 0.6 is 0 Å². The molecule has 0 N–H and O–H groups in total. The Labute approximate surface area is 166 Å². The van der Waals surface area contributed by atoms with Crippen LogP contribution < -0.4 is 0 Å². The zero-order valence-electron chi connectivity index (χ0n) is 13.8. The Hall–Kier alpha value is -2.68. The van der Waals surface area contributed by atoms with E-state index in [9.17, 15) is 4.39 Å². The van der Waals surface area contributed by atoms with Crippen LogP contribution in [0.1, 0.15) is 0 Å². The topological polar surface area (TPSA) is 25.8 Å². The maximum Gasteiger partial charge on any atom is 0.0418 e. The Bertz CT molecular complexity index is 863. The van der Waals surface area contributed by atoms with E-state index in [0.29, 0.717) is 5.56 Å². The Morgan fingerprint density at radius 1 is 0.654 bits per heavy atom. The monoisotopic (exact) mass is 519 g/mol. The van der Waals surface area contributed by atoms with Crippen LogP contribution in [0, 0.1) is 17.9 Å². The van der Waals surface area contributed by atoms with Crippen molar-refractivity contribution >= 4 is 0 Å². The van der Waals surface area contributed by atoms with Gasteiger partial charge >= 0.3 is 0 Å². The Kier molecular flexibility index (Phi) is 7.81. The van der Waals surface area contributed by atoms with E-state index in [0.717, 1.165) is 17.0 Å². The van der Waals surface area contributed by atoms with Gasteiger partial charge in [0.2, 0.25) is 0 Å². The van der Waals surface area contributed by atoms with E-state index in [1.165, 1.54) is 12.1 Å². The smallest absolute Gasteiger partial charge is 0.0418 e. The van der Waals surface area contributed by atoms with Gasteiger partial charge in [-0.05, 0) is 23.5 Å². The Balaban J connectivity index is 0.000000180. The largest absolute Gasteiger partial charge is 0.305 e. The van der Waals surface area contributed by atoms with Gasteiger partial charge in [0.15, 0.2) is 0 Å². The van der Waals surface area contributed by atoms with Gasteiger partial charge in [-0.25, -0.2) is 4.39 Å². The first-order valence-corrected chi connectivity index (χ1v) is 7.80. The minimum absolute atomic E-state index is 0. The van der Waals surface area contributed by atoms with Crippen molar-refractivity contribution in [2.75, 3.05) is 0 Å². The quantitative estimate of drug-likeness (QED) is 0.340. The molecule has 0 saturated carbocycles. The van der Waals surface area contributed by atoms with Gasteiger partial charge in [0.05, 0.1) is 0 Å². The van der Waals surface area contributed by atoms with E-state index in [2.05, 4.69) is 22.1 Å². The summed E-state index contributed by atoms with van der Waals surface area (Å²) in [6, 6.07) is 29.6. The van der Waals surface area contributed by atoms with Gasteiger partial charge in [-0.15, -0.1) is 65.7 Å². The van der Waals surface area contributed by atoms with Crippen molar-refractivity contribution in [3.8, 4) is 22.5 Å². The van der Waals surface area contributed by atoms with Gasteiger partial charge in [0.25, 0.3) is 0 Å². The zero-order chi connectivity index (χ0) is 17.3. The van der Waals surface area contributed by atoms with Crippen LogP contribution in [0.3, 0.4) is 0 Å². The molecule has 131 valence electrons. The fraction of sp³-hybridized carbons (Fsp3) is 0. The SMILES string of the molecule is Fc1cc[c-]c(-c2ccccn2)c1.[Ir].[c-]1ccccc1-c1ccccn1. The van der Waals surface area contributed by atoms with Crippen LogP contribution in [0.15, 0.2) is 91.3 Å². The maximum absolute atomic E-state index is 12.8. The van der Waals surface area contributed by atoms with Crippen LogP contribution in [0.2, 0.25) is 0 Å². The minimum atomic E-state index is -0.264. The number of aromatic nitrogens is 2. The van der Waals surface area contributed by atoms with Crippen molar-refractivity contribution in [2.45, 2.75) is 0 Å². The van der Waals surface area contributed by atoms with Gasteiger partial charge in [-0.1, -0.05) is 24.3 Å². The zero-order valence-corrected chi connectivity index (χ0v) is 16.2. The van der Waals surface area contributed by atoms with Crippen LogP contribution in [0.4, 0.5) is 4.39 Å². The third-order valence-electron chi connectivity index (χ3n) is 3.35. The number of nitrogens with zero attached hydrogens (tertiary/aromatic N) is 2. The Morgan fingerprint density at radius 3 is 1.81 bits per heavy atom. The van der Waals surface area contributed by atoms with Gasteiger partial charge in [0.1, 0.15) is 0 Å². The minimum Gasteiger partial charge on any atom is -0.305 e. The van der Waals surface area contributed by atoms with E-state index in [1.54, 1.807) is 18.5 Å². The maximum atomic E-state index is 12.8. The summed E-state index contributed by atoms with van der Waals surface area (Å²) in [5, 5.41) is 0. The molecule has 1 radical (unpaired) electrons. The summed E-state index contributed by atoms with van der Waals surface area (Å²) in [6.07, 6.45) is 3.46. The first-order valence-electron chi connectivity index (χ1n) is 7.80. The van der Waals surface area contributed by atoms with Crippen molar-refractivity contribution in [1.82, 2.24) is 9.97 Å². The second-order valence-electron chi connectivity index (χ2n) is 5.13. The molecule has 0 saturated heterocycles. The normalized spacial score (nSPS) is 9.42. The fourth-order valence-corrected chi connectivity index (χ4v) is 2.18. The average Bonchev–Trinajstić information content (AvgIpc) is 2.71. The number of hydrogen-bond donors (Lipinski definition) is 0. The van der Waals surface area contributed by atoms with E-state index >= 15 is 0 Å². The van der Waals surface area contributed by atoms with Gasteiger partial charge < -0.3 is 9.97 Å². The van der Waals surface area contributed by atoms with Gasteiger partial charge in [-0.3, -0.25) is 0 Å². The molecule has 2 aromatic carbocycles. The molecule has 0 fully saturated rings. The number of rotatable bonds is 2. The van der Waals surface area contributed by atoms with Crippen LogP contribution in [0.25, 0.3) is 22.5 Å². The molecule has 0 atom stereocenters. The standard InChI is InChI=1S/C11H7FN.C11H8N.Ir/c12-10-5-3-4-9(8-10)11-6-1-2-7-13-11;1-2-6-10(7-3-1)11-8-4-5-9-12-11;/h1-3,5-8H;1-6,8-9H;/q2*-1;. The summed E-state index contributed by atoms with van der Waals surface area (Å²) < 4.78 is 12.8. The first kappa shape index (κ1) is 19.6. The third kappa shape index (κ3) is 5.69. The molecule has 2 nitrogen and oxygen atoms in total. The summed E-state index contributed by atoms with van der Waals surface area (Å²) in [5.41, 5.74) is 3.43. The van der Waals surface area contributed by atoms with Gasteiger partial charge in [-0.2, -0.15) is 0 Å². The molecule has 0 aliphatic rings. The number of halogens is 1. The molecule has 0 aliphatic heterocycles. The van der Waals surface area contributed by atoms with Crippen molar-refractivity contribution in [3.63, 3.8) is 0 Å². The molecular weight excluding hydrogens is 503 g/mol. The molecule has 2 heterocycles. The van der Waals surface area contributed by atoms with E-state index < -0.39 is 0 Å². The second kappa shape index (κ2) is 10.3. The van der Waals surface area contributed by atoms with Crippen LogP contribution in [-0.2, 0) is 20.1 Å². The van der Waals surface area contributed by atoms with Crippen LogP contribution in [-0.4, -0.2) is 9.97 Å². The molecule has 2 aromatic heterocycles. The van der Waals surface area contributed by atoms with Crippen molar-refractivity contribution in [3.05, 3.63) is 109 Å². The summed E-state index contributed by atoms with van der Waals surface area (Å²) >= 11 is 0. The van der Waals surface area contributed by atoms with E-state index in [4.69, 9.17) is 0 Å². The molecule has 0 spiro atoms. The molecule has 0 amide bonds. The van der Waals surface area contributed by atoms with Gasteiger partial charge in [0, 0.05) is 38.3 Å². The predicted octanol–water partition coefficient (Wildman–Crippen LogP) is 5.23. The van der Waals surface area contributed by atoms with Crippen molar-refractivity contribution < 1.29 is 24.5 Å². The predicted molar refractivity (Wildman–Crippen MR) is 97.0 cm³/mol. The molecular formula is C22H15FIrN2-2. The molecule has 4 heteroatoms. The van der Waals surface area contributed by atoms with Crippen LogP contribution in [0.5, 0.6) is 0 Å². The summed E-state index contributed by atoms with van der Waals surface area (Å²) in [5.74, 6) is -0.264. The van der Waals surface area contributed by atoms with Crippen molar-refractivity contribution in [2.24, 2.45) is 0 Å². The average molecular weight is 519 g/mol. The summed E-state index contributed by atoms with van der Waals surface area (Å²) in [6.45, 7) is 0. The van der Waals surface area contributed by atoms with E-state index in [-0.39, 0.29) is 25.9 Å². The van der Waals surface area contributed by atoms with E-state index in [1.807, 2.05) is 60.7 Å². The van der Waals surface area contributed by atoms with Crippen molar-refractivity contribution in [1.29, 1.82) is 0 Å². The second-order valence-corrected chi connectivity index (χ2v) is 5.13. The summed E-state index contributed by atoms with van der Waals surface area (Å²) in [4.78, 5) is 8.31. The molecule has 26 heavy (non-hydrogen) atoms. The molecule has 4 aromatic rings. The molecule has 0 bridgehead atoms. The fourth-order valence-electron chi connectivity index (χ4n) is 2.18. The first-order chi connectivity index (χ1) is 12.3. The number of pyridine rings is 2.